The maximum atomic E-state index is 13.8. The second-order valence-electron chi connectivity index (χ2n) is 3.15. The van der Waals surface area contributed by atoms with Crippen LogP contribution in [0, 0.1) is 5.82 Å². The Kier molecular flexibility index (Phi) is 4.66. The number of methoxy groups -OCH3 is 1. The molecule has 0 aliphatic carbocycles. The van der Waals surface area contributed by atoms with E-state index >= 15 is 0 Å². The molecule has 0 fully saturated rings. The van der Waals surface area contributed by atoms with Crippen LogP contribution in [0.5, 0.6) is 0 Å². The number of hydrogen-bond acceptors (Lipinski definition) is 3. The van der Waals surface area contributed by atoms with Gasteiger partial charge >= 0.3 is 0 Å². The fourth-order valence-corrected chi connectivity index (χ4v) is 1.82. The molecule has 5 heteroatoms. The molecule has 1 rings (SSSR count). The van der Waals surface area contributed by atoms with E-state index in [2.05, 4.69) is 15.9 Å². The van der Waals surface area contributed by atoms with Crippen LogP contribution in [0.3, 0.4) is 0 Å². The highest BCUT2D eigenvalue weighted by atomic mass is 79.9. The minimum atomic E-state index is -0.988. The number of halogens is 2. The van der Waals surface area contributed by atoms with Gasteiger partial charge in [-0.25, -0.2) is 4.39 Å². The van der Waals surface area contributed by atoms with Crippen molar-refractivity contribution < 1.29 is 14.2 Å². The standard InChI is InChI=1S/C10H13BrFNO2/c1-15-5-6-2-7(11)3-8(10(6)12)9(14)4-13/h2-3,9,14H,4-5,13H2,1H3. The molecule has 0 aliphatic rings. The largest absolute Gasteiger partial charge is 0.387 e. The molecule has 1 atom stereocenters. The van der Waals surface area contributed by atoms with Gasteiger partial charge in [0.25, 0.3) is 0 Å². The molecule has 0 saturated carbocycles. The summed E-state index contributed by atoms with van der Waals surface area (Å²) in [6.45, 7) is 0.148. The number of nitrogens with two attached hydrogens (primary N) is 1. The van der Waals surface area contributed by atoms with Crippen molar-refractivity contribution in [2.45, 2.75) is 12.7 Å². The maximum absolute atomic E-state index is 13.8. The zero-order valence-corrected chi connectivity index (χ0v) is 9.92. The lowest BCUT2D eigenvalue weighted by Crippen LogP contribution is -2.14. The highest BCUT2D eigenvalue weighted by molar-refractivity contribution is 9.10. The first kappa shape index (κ1) is 12.6. The summed E-state index contributed by atoms with van der Waals surface area (Å²) in [4.78, 5) is 0. The highest BCUT2D eigenvalue weighted by Crippen LogP contribution is 2.25. The van der Waals surface area contributed by atoms with Gasteiger partial charge in [-0.1, -0.05) is 15.9 Å². The third-order valence-corrected chi connectivity index (χ3v) is 2.48. The molecule has 3 nitrogen and oxygen atoms in total. The smallest absolute Gasteiger partial charge is 0.134 e. The van der Waals surface area contributed by atoms with Gasteiger partial charge in [-0.05, 0) is 12.1 Å². The van der Waals surface area contributed by atoms with Gasteiger partial charge in [0.05, 0.1) is 12.7 Å². The Hall–Kier alpha value is -0.490. The fraction of sp³-hybridized carbons (Fsp3) is 0.400. The summed E-state index contributed by atoms with van der Waals surface area (Å²) in [5.41, 5.74) is 5.87. The molecule has 0 bridgehead atoms. The number of benzene rings is 1. The number of aliphatic hydroxyl groups is 1. The first-order chi connectivity index (χ1) is 7.10. The lowest BCUT2D eigenvalue weighted by Gasteiger charge is -2.13. The van der Waals surface area contributed by atoms with Crippen molar-refractivity contribution in [1.29, 1.82) is 0 Å². The first-order valence-corrected chi connectivity index (χ1v) is 5.24. The predicted octanol–water partition coefficient (Wildman–Crippen LogP) is 1.73. The van der Waals surface area contributed by atoms with E-state index in [0.29, 0.717) is 10.0 Å². The summed E-state index contributed by atoms with van der Waals surface area (Å²) in [5, 5.41) is 9.50. The molecule has 0 radical (unpaired) electrons. The van der Waals surface area contributed by atoms with Gasteiger partial charge in [0.2, 0.25) is 0 Å². The van der Waals surface area contributed by atoms with Crippen LogP contribution >= 0.6 is 15.9 Å². The van der Waals surface area contributed by atoms with E-state index in [9.17, 15) is 9.50 Å². The Morgan fingerprint density at radius 1 is 1.60 bits per heavy atom. The number of hydrogen-bond donors (Lipinski definition) is 2. The average molecular weight is 278 g/mol. The molecular formula is C10H13BrFNO2. The molecule has 0 aromatic heterocycles. The van der Waals surface area contributed by atoms with E-state index < -0.39 is 11.9 Å². The first-order valence-electron chi connectivity index (χ1n) is 4.45. The van der Waals surface area contributed by atoms with Gasteiger partial charge < -0.3 is 15.6 Å². The summed E-state index contributed by atoms with van der Waals surface area (Å²) in [6, 6.07) is 3.14. The Morgan fingerprint density at radius 2 is 2.27 bits per heavy atom. The second-order valence-corrected chi connectivity index (χ2v) is 4.07. The Morgan fingerprint density at radius 3 is 2.80 bits per heavy atom. The van der Waals surface area contributed by atoms with Crippen LogP contribution in [0.4, 0.5) is 4.39 Å². The quantitative estimate of drug-likeness (QED) is 0.881. The van der Waals surface area contributed by atoms with Crippen LogP contribution in [0.15, 0.2) is 16.6 Å². The summed E-state index contributed by atoms with van der Waals surface area (Å²) in [5.74, 6) is -0.460. The van der Waals surface area contributed by atoms with Crippen LogP contribution in [0.25, 0.3) is 0 Å². The van der Waals surface area contributed by atoms with E-state index in [-0.39, 0.29) is 18.7 Å². The summed E-state index contributed by atoms with van der Waals surface area (Å²) >= 11 is 3.24. The topological polar surface area (TPSA) is 55.5 Å². The van der Waals surface area contributed by atoms with E-state index in [4.69, 9.17) is 10.5 Å². The van der Waals surface area contributed by atoms with E-state index in [1.165, 1.54) is 13.2 Å². The van der Waals surface area contributed by atoms with Crippen molar-refractivity contribution in [2.75, 3.05) is 13.7 Å². The monoisotopic (exact) mass is 277 g/mol. The van der Waals surface area contributed by atoms with Gasteiger partial charge in [-0.2, -0.15) is 0 Å². The maximum Gasteiger partial charge on any atom is 0.134 e. The lowest BCUT2D eigenvalue weighted by molar-refractivity contribution is 0.172. The van der Waals surface area contributed by atoms with E-state index in [1.54, 1.807) is 6.07 Å². The minimum absolute atomic E-state index is 0.0141. The fourth-order valence-electron chi connectivity index (χ4n) is 1.30. The van der Waals surface area contributed by atoms with Crippen molar-refractivity contribution in [2.24, 2.45) is 5.73 Å². The third-order valence-electron chi connectivity index (χ3n) is 2.02. The highest BCUT2D eigenvalue weighted by Gasteiger charge is 2.15. The Labute approximate surface area is 96.2 Å². The zero-order chi connectivity index (χ0) is 11.4. The van der Waals surface area contributed by atoms with Gasteiger partial charge in [0.15, 0.2) is 0 Å². The molecule has 1 aromatic carbocycles. The molecule has 1 unspecified atom stereocenters. The third kappa shape index (κ3) is 2.98. The Balaban J connectivity index is 3.15. The lowest BCUT2D eigenvalue weighted by atomic mass is 10.1. The van der Waals surface area contributed by atoms with E-state index in [0.717, 1.165) is 0 Å². The van der Waals surface area contributed by atoms with Crippen LogP contribution in [-0.4, -0.2) is 18.8 Å². The van der Waals surface area contributed by atoms with E-state index in [1.807, 2.05) is 0 Å². The molecule has 84 valence electrons. The SMILES string of the molecule is COCc1cc(Br)cc(C(O)CN)c1F. The average Bonchev–Trinajstić information content (AvgIpc) is 2.22. The van der Waals surface area contributed by atoms with Crippen molar-refractivity contribution in [3.63, 3.8) is 0 Å². The van der Waals surface area contributed by atoms with Crippen molar-refractivity contribution in [1.82, 2.24) is 0 Å². The molecule has 1 aromatic rings. The van der Waals surface area contributed by atoms with Gasteiger partial charge in [-0.15, -0.1) is 0 Å². The normalized spacial score (nSPS) is 12.9. The second kappa shape index (κ2) is 5.55. The number of rotatable bonds is 4. The molecule has 0 heterocycles. The molecule has 3 N–H and O–H groups in total. The molecule has 0 aliphatic heterocycles. The van der Waals surface area contributed by atoms with Crippen LogP contribution in [-0.2, 0) is 11.3 Å². The minimum Gasteiger partial charge on any atom is -0.387 e. The Bertz CT molecular complexity index is 346. The molecule has 0 saturated heterocycles. The summed E-state index contributed by atoms with van der Waals surface area (Å²) in [7, 11) is 1.49. The molecule has 0 spiro atoms. The predicted molar refractivity (Wildman–Crippen MR) is 58.8 cm³/mol. The number of ether oxygens (including phenoxy) is 1. The van der Waals surface area contributed by atoms with Gasteiger partial charge in [0.1, 0.15) is 5.82 Å². The number of aliphatic hydroxyl groups excluding tert-OH is 1. The van der Waals surface area contributed by atoms with Crippen molar-refractivity contribution in [3.8, 4) is 0 Å². The molecule has 15 heavy (non-hydrogen) atoms. The van der Waals surface area contributed by atoms with Gasteiger partial charge in [0, 0.05) is 29.3 Å². The van der Waals surface area contributed by atoms with Crippen LogP contribution in [0.1, 0.15) is 17.2 Å². The van der Waals surface area contributed by atoms with Crippen LogP contribution in [0.2, 0.25) is 0 Å². The summed E-state index contributed by atoms with van der Waals surface area (Å²) in [6.07, 6.45) is -0.988. The van der Waals surface area contributed by atoms with Crippen LogP contribution < -0.4 is 5.73 Å². The molecule has 0 amide bonds. The summed E-state index contributed by atoms with van der Waals surface area (Å²) < 4.78 is 19.3. The van der Waals surface area contributed by atoms with Crippen molar-refractivity contribution >= 4 is 15.9 Å². The van der Waals surface area contributed by atoms with Gasteiger partial charge in [-0.3, -0.25) is 0 Å². The molecular weight excluding hydrogens is 265 g/mol. The zero-order valence-electron chi connectivity index (χ0n) is 8.34. The van der Waals surface area contributed by atoms with Crippen molar-refractivity contribution in [3.05, 3.63) is 33.5 Å².